The van der Waals surface area contributed by atoms with Crippen molar-refractivity contribution in [1.29, 1.82) is 0 Å². The summed E-state index contributed by atoms with van der Waals surface area (Å²) in [6, 6.07) is 7.92. The predicted molar refractivity (Wildman–Crippen MR) is 72.5 cm³/mol. The van der Waals surface area contributed by atoms with E-state index in [2.05, 4.69) is 10.1 Å². The van der Waals surface area contributed by atoms with Gasteiger partial charge >= 0.3 is 6.36 Å². The van der Waals surface area contributed by atoms with E-state index in [-0.39, 0.29) is 16.3 Å². The van der Waals surface area contributed by atoms with Gasteiger partial charge in [-0.15, -0.1) is 13.2 Å². The summed E-state index contributed by atoms with van der Waals surface area (Å²) in [5.41, 5.74) is -0.0473. The van der Waals surface area contributed by atoms with Crippen LogP contribution in [-0.2, 0) is 0 Å². The van der Waals surface area contributed by atoms with Crippen LogP contribution in [0.2, 0.25) is 5.02 Å². The van der Waals surface area contributed by atoms with E-state index in [1.807, 2.05) is 0 Å². The summed E-state index contributed by atoms with van der Waals surface area (Å²) in [7, 11) is 0. The van der Waals surface area contributed by atoms with Crippen LogP contribution in [-0.4, -0.2) is 12.3 Å². The van der Waals surface area contributed by atoms with Crippen molar-refractivity contribution >= 4 is 23.2 Å². The molecule has 0 unspecified atom stereocenters. The second kappa shape index (κ2) is 6.23. The average Bonchev–Trinajstić information content (AvgIpc) is 2.41. The van der Waals surface area contributed by atoms with Crippen LogP contribution in [0.3, 0.4) is 0 Å². The van der Waals surface area contributed by atoms with E-state index in [0.717, 1.165) is 30.3 Å². The van der Waals surface area contributed by atoms with Crippen molar-refractivity contribution in [1.82, 2.24) is 0 Å². The van der Waals surface area contributed by atoms with Crippen LogP contribution in [0.25, 0.3) is 0 Å². The number of carbonyl (C=O) groups is 1. The number of rotatable bonds is 3. The fourth-order valence-corrected chi connectivity index (χ4v) is 1.75. The Balaban J connectivity index is 2.10. The zero-order valence-corrected chi connectivity index (χ0v) is 11.5. The van der Waals surface area contributed by atoms with Crippen molar-refractivity contribution in [2.24, 2.45) is 0 Å². The third-order valence-corrected chi connectivity index (χ3v) is 2.76. The second-order valence-corrected chi connectivity index (χ2v) is 4.59. The summed E-state index contributed by atoms with van der Waals surface area (Å²) >= 11 is 5.58. The molecule has 1 N–H and O–H groups in total. The highest BCUT2D eigenvalue weighted by atomic mass is 35.5. The lowest BCUT2D eigenvalue weighted by Crippen LogP contribution is -2.17. The first-order chi connectivity index (χ1) is 10.2. The Labute approximate surface area is 127 Å². The molecule has 0 bridgehead atoms. The van der Waals surface area contributed by atoms with Gasteiger partial charge in [-0.05, 0) is 42.5 Å². The first-order valence-electron chi connectivity index (χ1n) is 5.87. The van der Waals surface area contributed by atoms with Crippen LogP contribution in [0.15, 0.2) is 42.5 Å². The predicted octanol–water partition coefficient (Wildman–Crippen LogP) is 4.63. The molecule has 116 valence electrons. The molecule has 0 aromatic heterocycles. The number of carbonyl (C=O) groups excluding carboxylic acids is 1. The Morgan fingerprint density at radius 2 is 1.73 bits per heavy atom. The van der Waals surface area contributed by atoms with Gasteiger partial charge in [0.1, 0.15) is 11.6 Å². The standard InChI is InChI=1S/C14H8ClF4NO2/c15-9-3-6-12(11(16)7-9)20-13(21)8-1-4-10(5-2-8)22-14(17,18)19/h1-7H,(H,20,21). The monoisotopic (exact) mass is 333 g/mol. The van der Waals surface area contributed by atoms with Gasteiger partial charge in [-0.2, -0.15) is 0 Å². The highest BCUT2D eigenvalue weighted by molar-refractivity contribution is 6.30. The SMILES string of the molecule is O=C(Nc1ccc(Cl)cc1F)c1ccc(OC(F)(F)F)cc1. The second-order valence-electron chi connectivity index (χ2n) is 4.15. The number of benzene rings is 2. The highest BCUT2D eigenvalue weighted by Gasteiger charge is 2.31. The summed E-state index contributed by atoms with van der Waals surface area (Å²) in [6.45, 7) is 0. The number of hydrogen-bond donors (Lipinski definition) is 1. The molecule has 0 saturated carbocycles. The van der Waals surface area contributed by atoms with Crippen LogP contribution in [0.4, 0.5) is 23.2 Å². The maximum absolute atomic E-state index is 13.5. The quantitative estimate of drug-likeness (QED) is 0.832. The van der Waals surface area contributed by atoms with Gasteiger partial charge in [0, 0.05) is 10.6 Å². The van der Waals surface area contributed by atoms with E-state index in [0.29, 0.717) is 0 Å². The van der Waals surface area contributed by atoms with E-state index >= 15 is 0 Å². The average molecular weight is 334 g/mol. The summed E-state index contributed by atoms with van der Waals surface area (Å²) in [5.74, 6) is -1.86. The van der Waals surface area contributed by atoms with Crippen molar-refractivity contribution in [2.75, 3.05) is 5.32 Å². The van der Waals surface area contributed by atoms with Gasteiger partial charge in [0.05, 0.1) is 5.69 Å². The molecule has 0 heterocycles. The van der Waals surface area contributed by atoms with Crippen LogP contribution in [0.5, 0.6) is 5.75 Å². The molecular formula is C14H8ClF4NO2. The molecule has 0 spiro atoms. The van der Waals surface area contributed by atoms with E-state index in [9.17, 15) is 22.4 Å². The first-order valence-corrected chi connectivity index (χ1v) is 6.24. The zero-order chi connectivity index (χ0) is 16.3. The van der Waals surface area contributed by atoms with Crippen molar-refractivity contribution in [3.63, 3.8) is 0 Å². The lowest BCUT2D eigenvalue weighted by molar-refractivity contribution is -0.274. The molecule has 2 aromatic rings. The smallest absolute Gasteiger partial charge is 0.406 e. The fraction of sp³-hybridized carbons (Fsp3) is 0.0714. The minimum atomic E-state index is -4.81. The maximum Gasteiger partial charge on any atom is 0.573 e. The molecule has 2 rings (SSSR count). The van der Waals surface area contributed by atoms with E-state index < -0.39 is 23.8 Å². The van der Waals surface area contributed by atoms with Crippen molar-refractivity contribution in [2.45, 2.75) is 6.36 Å². The third kappa shape index (κ3) is 4.36. The first kappa shape index (κ1) is 16.1. The molecule has 1 amide bonds. The third-order valence-electron chi connectivity index (χ3n) is 2.53. The lowest BCUT2D eigenvalue weighted by Gasteiger charge is -2.10. The Bertz CT molecular complexity index is 686. The Morgan fingerprint density at radius 3 is 2.27 bits per heavy atom. The number of nitrogens with one attached hydrogen (secondary N) is 1. The minimum Gasteiger partial charge on any atom is -0.406 e. The van der Waals surface area contributed by atoms with Gasteiger partial charge in [0.2, 0.25) is 0 Å². The molecule has 2 aromatic carbocycles. The lowest BCUT2D eigenvalue weighted by atomic mass is 10.2. The number of anilines is 1. The summed E-state index contributed by atoms with van der Waals surface area (Å²) in [6.07, 6.45) is -4.81. The van der Waals surface area contributed by atoms with Gasteiger partial charge < -0.3 is 10.1 Å². The minimum absolute atomic E-state index is 0.0453. The van der Waals surface area contributed by atoms with Crippen molar-refractivity contribution < 1.29 is 27.1 Å². The molecule has 0 saturated heterocycles. The largest absolute Gasteiger partial charge is 0.573 e. The van der Waals surface area contributed by atoms with Gasteiger partial charge in [0.15, 0.2) is 0 Å². The molecule has 0 aliphatic rings. The number of alkyl halides is 3. The van der Waals surface area contributed by atoms with Crippen LogP contribution in [0, 0.1) is 5.82 Å². The molecule has 0 atom stereocenters. The number of halogens is 5. The molecular weight excluding hydrogens is 326 g/mol. The van der Waals surface area contributed by atoms with Crippen molar-refractivity contribution in [3.05, 3.63) is 58.9 Å². The normalized spacial score (nSPS) is 11.1. The number of amides is 1. The molecule has 0 aliphatic heterocycles. The summed E-state index contributed by atoms with van der Waals surface area (Å²) in [5, 5.41) is 2.46. The molecule has 8 heteroatoms. The van der Waals surface area contributed by atoms with E-state index in [1.165, 1.54) is 12.1 Å². The molecule has 22 heavy (non-hydrogen) atoms. The number of ether oxygens (including phenoxy) is 1. The zero-order valence-electron chi connectivity index (χ0n) is 10.7. The summed E-state index contributed by atoms with van der Waals surface area (Å²) < 4.78 is 53.2. The topological polar surface area (TPSA) is 38.3 Å². The van der Waals surface area contributed by atoms with Crippen LogP contribution >= 0.6 is 11.6 Å². The Hall–Kier alpha value is -2.28. The Morgan fingerprint density at radius 1 is 1.09 bits per heavy atom. The van der Waals surface area contributed by atoms with E-state index in [4.69, 9.17) is 11.6 Å². The maximum atomic E-state index is 13.5. The molecule has 0 radical (unpaired) electrons. The van der Waals surface area contributed by atoms with E-state index in [1.54, 1.807) is 0 Å². The van der Waals surface area contributed by atoms with Crippen LogP contribution < -0.4 is 10.1 Å². The Kier molecular flexibility index (Phi) is 4.56. The number of hydrogen-bond acceptors (Lipinski definition) is 2. The van der Waals surface area contributed by atoms with Crippen LogP contribution in [0.1, 0.15) is 10.4 Å². The van der Waals surface area contributed by atoms with Gasteiger partial charge in [-0.3, -0.25) is 4.79 Å². The van der Waals surface area contributed by atoms with Crippen molar-refractivity contribution in [3.8, 4) is 5.75 Å². The summed E-state index contributed by atoms with van der Waals surface area (Å²) in [4.78, 5) is 11.9. The molecule has 0 fully saturated rings. The van der Waals surface area contributed by atoms with Gasteiger partial charge in [-0.1, -0.05) is 11.6 Å². The fourth-order valence-electron chi connectivity index (χ4n) is 1.59. The molecule has 3 nitrogen and oxygen atoms in total. The highest BCUT2D eigenvalue weighted by Crippen LogP contribution is 2.23. The molecule has 0 aliphatic carbocycles. The van der Waals surface area contributed by atoms with Gasteiger partial charge in [0.25, 0.3) is 5.91 Å². The van der Waals surface area contributed by atoms with Gasteiger partial charge in [-0.25, -0.2) is 4.39 Å².